The summed E-state index contributed by atoms with van der Waals surface area (Å²) >= 11 is 0. The quantitative estimate of drug-likeness (QED) is 0.883. The first-order valence-electron chi connectivity index (χ1n) is 6.02. The molecule has 0 unspecified atom stereocenters. The van der Waals surface area contributed by atoms with Crippen LogP contribution in [0.3, 0.4) is 0 Å². The van der Waals surface area contributed by atoms with Gasteiger partial charge in [-0.3, -0.25) is 4.79 Å². The molecule has 2 rings (SSSR count). The molecule has 0 fully saturated rings. The van der Waals surface area contributed by atoms with Crippen molar-refractivity contribution in [3.05, 3.63) is 65.0 Å². The van der Waals surface area contributed by atoms with Gasteiger partial charge in [-0.1, -0.05) is 12.1 Å². The van der Waals surface area contributed by atoms with E-state index in [9.17, 15) is 14.0 Å². The van der Waals surface area contributed by atoms with Crippen molar-refractivity contribution in [2.45, 2.75) is 6.61 Å². The van der Waals surface area contributed by atoms with Gasteiger partial charge in [0.15, 0.2) is 0 Å². The molecule has 21 heavy (non-hydrogen) atoms. The van der Waals surface area contributed by atoms with E-state index in [4.69, 9.17) is 15.6 Å². The van der Waals surface area contributed by atoms with Gasteiger partial charge in [-0.15, -0.1) is 0 Å². The highest BCUT2D eigenvalue weighted by atomic mass is 19.1. The Morgan fingerprint density at radius 2 is 1.81 bits per heavy atom. The number of carboxylic acids is 1. The Balaban J connectivity index is 2.04. The summed E-state index contributed by atoms with van der Waals surface area (Å²) in [6.45, 7) is 0.148. The Bertz CT molecular complexity index is 683. The first-order valence-corrected chi connectivity index (χ1v) is 6.02. The Labute approximate surface area is 119 Å². The zero-order valence-electron chi connectivity index (χ0n) is 10.9. The minimum absolute atomic E-state index is 0.148. The summed E-state index contributed by atoms with van der Waals surface area (Å²) in [5.41, 5.74) is 5.71. The van der Waals surface area contributed by atoms with Gasteiger partial charge in [0.25, 0.3) is 5.91 Å². The van der Waals surface area contributed by atoms with Crippen molar-refractivity contribution in [1.29, 1.82) is 0 Å². The van der Waals surface area contributed by atoms with E-state index in [-0.39, 0.29) is 23.5 Å². The number of primary amides is 1. The molecule has 0 bridgehead atoms. The number of amides is 1. The fourth-order valence-electron chi connectivity index (χ4n) is 1.70. The van der Waals surface area contributed by atoms with Gasteiger partial charge in [0.05, 0.1) is 11.1 Å². The summed E-state index contributed by atoms with van der Waals surface area (Å²) in [5, 5.41) is 8.77. The lowest BCUT2D eigenvalue weighted by atomic mass is 10.1. The van der Waals surface area contributed by atoms with Crippen molar-refractivity contribution < 1.29 is 23.8 Å². The van der Waals surface area contributed by atoms with E-state index in [1.165, 1.54) is 24.3 Å². The lowest BCUT2D eigenvalue weighted by molar-refractivity contribution is 0.0696. The predicted octanol–water partition coefficient (Wildman–Crippen LogP) is 2.20. The van der Waals surface area contributed by atoms with Crippen LogP contribution in [-0.2, 0) is 6.61 Å². The first-order chi connectivity index (χ1) is 9.97. The zero-order valence-corrected chi connectivity index (χ0v) is 10.9. The van der Waals surface area contributed by atoms with Gasteiger partial charge in [0.2, 0.25) is 0 Å². The number of ether oxygens (including phenoxy) is 1. The molecule has 0 spiro atoms. The molecule has 108 valence electrons. The van der Waals surface area contributed by atoms with Crippen LogP contribution in [0, 0.1) is 5.82 Å². The molecule has 0 aliphatic heterocycles. The van der Waals surface area contributed by atoms with E-state index >= 15 is 0 Å². The Kier molecular flexibility index (Phi) is 4.18. The topological polar surface area (TPSA) is 89.6 Å². The van der Waals surface area contributed by atoms with Crippen LogP contribution in [0.25, 0.3) is 0 Å². The van der Waals surface area contributed by atoms with Crippen LogP contribution in [0.2, 0.25) is 0 Å². The number of benzene rings is 2. The van der Waals surface area contributed by atoms with Gasteiger partial charge in [0.1, 0.15) is 18.2 Å². The molecule has 0 aromatic heterocycles. The minimum atomic E-state index is -1.01. The van der Waals surface area contributed by atoms with Crippen LogP contribution in [-0.4, -0.2) is 17.0 Å². The lowest BCUT2D eigenvalue weighted by Crippen LogP contribution is -2.13. The maximum atomic E-state index is 13.5. The number of carboxylic acid groups (broad SMARTS) is 1. The number of halogens is 1. The number of aromatic carboxylic acids is 1. The summed E-state index contributed by atoms with van der Waals surface area (Å²) in [7, 11) is 0. The zero-order chi connectivity index (χ0) is 15.4. The number of nitrogens with two attached hydrogens (primary N) is 1. The van der Waals surface area contributed by atoms with Crippen molar-refractivity contribution in [1.82, 2.24) is 0 Å². The first kappa shape index (κ1) is 14.5. The van der Waals surface area contributed by atoms with Crippen LogP contribution in [0.1, 0.15) is 26.3 Å². The fraction of sp³-hybridized carbons (Fsp3) is 0.0667. The largest absolute Gasteiger partial charge is 0.489 e. The SMILES string of the molecule is NC(=O)c1ccc(OCc2ccc(C(=O)O)cc2)cc1F. The van der Waals surface area contributed by atoms with Crippen LogP contribution in [0.5, 0.6) is 5.75 Å². The van der Waals surface area contributed by atoms with Crippen LogP contribution >= 0.6 is 0 Å². The molecular weight excluding hydrogens is 277 g/mol. The Morgan fingerprint density at radius 1 is 1.14 bits per heavy atom. The number of hydrogen-bond donors (Lipinski definition) is 2. The predicted molar refractivity (Wildman–Crippen MR) is 72.7 cm³/mol. The van der Waals surface area contributed by atoms with E-state index in [2.05, 4.69) is 0 Å². The molecule has 0 saturated heterocycles. The van der Waals surface area contributed by atoms with Gasteiger partial charge in [-0.25, -0.2) is 9.18 Å². The van der Waals surface area contributed by atoms with Crippen molar-refractivity contribution in [2.75, 3.05) is 0 Å². The smallest absolute Gasteiger partial charge is 0.335 e. The normalized spacial score (nSPS) is 10.1. The molecule has 0 radical (unpaired) electrons. The van der Waals surface area contributed by atoms with Gasteiger partial charge < -0.3 is 15.6 Å². The average Bonchev–Trinajstić information content (AvgIpc) is 2.45. The number of rotatable bonds is 5. The van der Waals surface area contributed by atoms with Gasteiger partial charge >= 0.3 is 5.97 Å². The second kappa shape index (κ2) is 6.04. The molecule has 0 atom stereocenters. The van der Waals surface area contributed by atoms with Crippen LogP contribution < -0.4 is 10.5 Å². The molecule has 0 saturated carbocycles. The fourth-order valence-corrected chi connectivity index (χ4v) is 1.70. The minimum Gasteiger partial charge on any atom is -0.489 e. The second-order valence-corrected chi connectivity index (χ2v) is 4.30. The molecule has 5 nitrogen and oxygen atoms in total. The maximum Gasteiger partial charge on any atom is 0.335 e. The monoisotopic (exact) mass is 289 g/mol. The number of carbonyl (C=O) groups is 2. The van der Waals surface area contributed by atoms with Crippen molar-refractivity contribution in [3.8, 4) is 5.75 Å². The summed E-state index contributed by atoms with van der Waals surface area (Å²) in [4.78, 5) is 21.6. The Hall–Kier alpha value is -2.89. The second-order valence-electron chi connectivity index (χ2n) is 4.30. The summed E-state index contributed by atoms with van der Waals surface area (Å²) in [5.74, 6) is -2.35. The summed E-state index contributed by atoms with van der Waals surface area (Å²) in [6, 6.07) is 9.89. The van der Waals surface area contributed by atoms with Crippen molar-refractivity contribution in [2.24, 2.45) is 5.73 Å². The highest BCUT2D eigenvalue weighted by Crippen LogP contribution is 2.18. The molecule has 6 heteroatoms. The molecule has 2 aromatic carbocycles. The van der Waals surface area contributed by atoms with Crippen molar-refractivity contribution >= 4 is 11.9 Å². The maximum absolute atomic E-state index is 13.5. The third-order valence-corrected chi connectivity index (χ3v) is 2.81. The highest BCUT2D eigenvalue weighted by molar-refractivity contribution is 5.93. The van der Waals surface area contributed by atoms with E-state index in [0.29, 0.717) is 0 Å². The van der Waals surface area contributed by atoms with E-state index < -0.39 is 17.7 Å². The van der Waals surface area contributed by atoms with Crippen LogP contribution in [0.4, 0.5) is 4.39 Å². The molecule has 0 aliphatic rings. The molecule has 0 aliphatic carbocycles. The molecule has 3 N–H and O–H groups in total. The standard InChI is InChI=1S/C15H12FNO4/c16-13-7-11(5-6-12(13)14(17)18)21-8-9-1-3-10(4-2-9)15(19)20/h1-7H,8H2,(H2,17,18)(H,19,20). The van der Waals surface area contributed by atoms with E-state index in [0.717, 1.165) is 11.6 Å². The highest BCUT2D eigenvalue weighted by Gasteiger charge is 2.09. The average molecular weight is 289 g/mol. The lowest BCUT2D eigenvalue weighted by Gasteiger charge is -2.07. The number of hydrogen-bond acceptors (Lipinski definition) is 3. The Morgan fingerprint density at radius 3 is 2.33 bits per heavy atom. The van der Waals surface area contributed by atoms with Gasteiger partial charge in [0, 0.05) is 6.07 Å². The van der Waals surface area contributed by atoms with Crippen LogP contribution in [0.15, 0.2) is 42.5 Å². The summed E-state index contributed by atoms with van der Waals surface area (Å²) < 4.78 is 18.9. The number of carbonyl (C=O) groups excluding carboxylic acids is 1. The third-order valence-electron chi connectivity index (χ3n) is 2.81. The molecule has 0 heterocycles. The van der Waals surface area contributed by atoms with E-state index in [1.807, 2.05) is 0 Å². The molecule has 1 amide bonds. The van der Waals surface area contributed by atoms with Gasteiger partial charge in [-0.05, 0) is 29.8 Å². The van der Waals surface area contributed by atoms with E-state index in [1.54, 1.807) is 12.1 Å². The summed E-state index contributed by atoms with van der Waals surface area (Å²) in [6.07, 6.45) is 0. The molecular formula is C15H12FNO4. The molecule has 2 aromatic rings. The van der Waals surface area contributed by atoms with Gasteiger partial charge in [-0.2, -0.15) is 0 Å². The van der Waals surface area contributed by atoms with Crippen molar-refractivity contribution in [3.63, 3.8) is 0 Å². The third kappa shape index (κ3) is 3.56.